The zero-order chi connectivity index (χ0) is 22.0. The van der Waals surface area contributed by atoms with Crippen LogP contribution in [0.2, 0.25) is 0 Å². The number of alkyl carbamates (subject to hydrolysis) is 1. The van der Waals surface area contributed by atoms with Crippen molar-refractivity contribution in [1.82, 2.24) is 10.2 Å². The Balaban J connectivity index is 1.97. The second-order valence-electron chi connectivity index (χ2n) is 8.14. The van der Waals surface area contributed by atoms with Crippen molar-refractivity contribution in [3.05, 3.63) is 44.8 Å². The van der Waals surface area contributed by atoms with Crippen molar-refractivity contribution in [1.29, 1.82) is 0 Å². The van der Waals surface area contributed by atoms with E-state index in [1.165, 1.54) is 0 Å². The lowest BCUT2D eigenvalue weighted by Crippen LogP contribution is -2.43. The van der Waals surface area contributed by atoms with Crippen LogP contribution in [0, 0.1) is 0 Å². The number of thiophene rings is 2. The highest BCUT2D eigenvalue weighted by Gasteiger charge is 2.23. The Morgan fingerprint density at radius 2 is 1.70 bits per heavy atom. The van der Waals surface area contributed by atoms with Gasteiger partial charge in [-0.15, -0.1) is 22.7 Å². The monoisotopic (exact) mass is 452 g/mol. The molecule has 0 saturated heterocycles. The van der Waals surface area contributed by atoms with Crippen LogP contribution in [-0.2, 0) is 22.6 Å². The molecular formula is C22H32N2O4S2. The summed E-state index contributed by atoms with van der Waals surface area (Å²) in [6.45, 7) is 8.76. The third kappa shape index (κ3) is 9.17. The van der Waals surface area contributed by atoms with Crippen molar-refractivity contribution in [3.63, 3.8) is 0 Å². The predicted octanol–water partition coefficient (Wildman–Crippen LogP) is 6.03. The van der Waals surface area contributed by atoms with Crippen LogP contribution in [0.5, 0.6) is 0 Å². The average molecular weight is 453 g/mol. The molecule has 0 aliphatic heterocycles. The molecule has 2 amide bonds. The van der Waals surface area contributed by atoms with Gasteiger partial charge in [0.15, 0.2) is 0 Å². The first kappa shape index (κ1) is 24.2. The van der Waals surface area contributed by atoms with Crippen LogP contribution < -0.4 is 5.32 Å². The fraction of sp³-hybridized carbons (Fsp3) is 0.545. The zero-order valence-corrected chi connectivity index (χ0v) is 19.8. The Labute approximate surface area is 187 Å². The lowest BCUT2D eigenvalue weighted by molar-refractivity contribution is 0.0232. The number of nitrogens with zero attached hydrogens (tertiary/aromatic N) is 1. The Hall–Kier alpha value is -2.06. The maximum Gasteiger partial charge on any atom is 0.410 e. The highest BCUT2D eigenvalue weighted by atomic mass is 32.1. The molecule has 6 nitrogen and oxygen atoms in total. The predicted molar refractivity (Wildman–Crippen MR) is 122 cm³/mol. The molecule has 30 heavy (non-hydrogen) atoms. The first-order valence-electron chi connectivity index (χ1n) is 10.2. The SMILES string of the molecule is CCCC[C@H](COC(=O)N(Cc1cccs1)Cc1cccs1)OC(=O)NC(C)(C)C. The molecule has 2 aromatic rings. The number of nitrogens with one attached hydrogen (secondary N) is 1. The molecule has 0 saturated carbocycles. The molecule has 2 aromatic heterocycles. The van der Waals surface area contributed by atoms with E-state index in [1.54, 1.807) is 27.6 Å². The Morgan fingerprint density at radius 3 is 2.17 bits per heavy atom. The third-order valence-corrected chi connectivity index (χ3v) is 5.86. The van der Waals surface area contributed by atoms with Crippen molar-refractivity contribution in [2.75, 3.05) is 6.61 Å². The summed E-state index contributed by atoms with van der Waals surface area (Å²) in [5.41, 5.74) is -0.388. The van der Waals surface area contributed by atoms with Crippen molar-refractivity contribution >= 4 is 34.9 Å². The molecule has 0 radical (unpaired) electrons. The maximum absolute atomic E-state index is 12.8. The van der Waals surface area contributed by atoms with Gasteiger partial charge in [-0.05, 0) is 56.5 Å². The topological polar surface area (TPSA) is 67.9 Å². The van der Waals surface area contributed by atoms with Gasteiger partial charge in [-0.2, -0.15) is 0 Å². The molecule has 2 rings (SSSR count). The van der Waals surface area contributed by atoms with Crippen LogP contribution in [0.4, 0.5) is 9.59 Å². The average Bonchev–Trinajstić information content (AvgIpc) is 3.35. The van der Waals surface area contributed by atoms with E-state index in [0.29, 0.717) is 19.5 Å². The molecule has 0 aliphatic carbocycles. The summed E-state index contributed by atoms with van der Waals surface area (Å²) in [5.74, 6) is 0. The summed E-state index contributed by atoms with van der Waals surface area (Å²) in [5, 5.41) is 6.77. The molecule has 0 spiro atoms. The number of carbonyl (C=O) groups is 2. The third-order valence-electron chi connectivity index (χ3n) is 4.13. The van der Waals surface area contributed by atoms with E-state index in [4.69, 9.17) is 9.47 Å². The molecule has 1 atom stereocenters. The number of ether oxygens (including phenoxy) is 2. The van der Waals surface area contributed by atoms with Gasteiger partial charge in [0, 0.05) is 15.3 Å². The number of carbonyl (C=O) groups excluding carboxylic acids is 2. The molecule has 0 aliphatic rings. The molecule has 2 heterocycles. The molecule has 0 fully saturated rings. The zero-order valence-electron chi connectivity index (χ0n) is 18.2. The number of amides is 2. The van der Waals surface area contributed by atoms with Crippen LogP contribution in [0.3, 0.4) is 0 Å². The van der Waals surface area contributed by atoms with Gasteiger partial charge in [0.25, 0.3) is 0 Å². The van der Waals surface area contributed by atoms with Gasteiger partial charge >= 0.3 is 12.2 Å². The minimum absolute atomic E-state index is 0.0434. The van der Waals surface area contributed by atoms with Crippen LogP contribution in [0.1, 0.15) is 56.7 Å². The standard InChI is InChI=1S/C22H32N2O4S2/c1-5-6-9-17(28-20(25)23-22(2,3)4)16-27-21(26)24(14-18-10-7-12-29-18)15-19-11-8-13-30-19/h7-8,10-13,17H,5-6,9,14-16H2,1-4H3,(H,23,25)/t17-/m1/s1. The lowest BCUT2D eigenvalue weighted by atomic mass is 10.1. The van der Waals surface area contributed by atoms with Crippen molar-refractivity contribution < 1.29 is 19.1 Å². The van der Waals surface area contributed by atoms with Crippen molar-refractivity contribution in [2.24, 2.45) is 0 Å². The quantitative estimate of drug-likeness (QED) is 0.478. The smallest absolute Gasteiger partial charge is 0.410 e. The highest BCUT2D eigenvalue weighted by Crippen LogP contribution is 2.18. The molecule has 1 N–H and O–H groups in total. The summed E-state index contributed by atoms with van der Waals surface area (Å²) in [6.07, 6.45) is 1.14. The van der Waals surface area contributed by atoms with Gasteiger partial charge in [-0.1, -0.05) is 25.5 Å². The second kappa shape index (κ2) is 12.0. The molecule has 8 heteroatoms. The van der Waals surface area contributed by atoms with Crippen molar-refractivity contribution in [2.45, 2.75) is 71.7 Å². The van der Waals surface area contributed by atoms with E-state index in [9.17, 15) is 9.59 Å². The van der Waals surface area contributed by atoms with E-state index in [2.05, 4.69) is 12.2 Å². The Morgan fingerprint density at radius 1 is 1.10 bits per heavy atom. The number of unbranched alkanes of at least 4 members (excludes halogenated alkanes) is 1. The molecule has 0 bridgehead atoms. The van der Waals surface area contributed by atoms with Crippen LogP contribution >= 0.6 is 22.7 Å². The summed E-state index contributed by atoms with van der Waals surface area (Å²) >= 11 is 3.21. The van der Waals surface area contributed by atoms with Gasteiger partial charge in [0.2, 0.25) is 0 Å². The minimum Gasteiger partial charge on any atom is -0.445 e. The number of hydrogen-bond acceptors (Lipinski definition) is 6. The van der Waals surface area contributed by atoms with Gasteiger partial charge in [-0.25, -0.2) is 9.59 Å². The molecular weight excluding hydrogens is 420 g/mol. The first-order chi connectivity index (χ1) is 14.3. The Bertz CT molecular complexity index is 718. The fourth-order valence-electron chi connectivity index (χ4n) is 2.72. The van der Waals surface area contributed by atoms with E-state index >= 15 is 0 Å². The normalized spacial score (nSPS) is 12.3. The second-order valence-corrected chi connectivity index (χ2v) is 10.2. The fourth-order valence-corrected chi connectivity index (χ4v) is 4.16. The minimum atomic E-state index is -0.492. The van der Waals surface area contributed by atoms with Crippen LogP contribution in [-0.4, -0.2) is 35.3 Å². The first-order valence-corrected chi connectivity index (χ1v) is 12.0. The van der Waals surface area contributed by atoms with E-state index < -0.39 is 18.3 Å². The summed E-state index contributed by atoms with van der Waals surface area (Å²) in [4.78, 5) is 28.9. The summed E-state index contributed by atoms with van der Waals surface area (Å²) in [7, 11) is 0. The van der Waals surface area contributed by atoms with E-state index in [-0.39, 0.29) is 12.1 Å². The highest BCUT2D eigenvalue weighted by molar-refractivity contribution is 7.10. The van der Waals surface area contributed by atoms with Gasteiger partial charge < -0.3 is 14.8 Å². The van der Waals surface area contributed by atoms with Gasteiger partial charge in [0.1, 0.15) is 12.7 Å². The van der Waals surface area contributed by atoms with E-state index in [0.717, 1.165) is 22.6 Å². The van der Waals surface area contributed by atoms with Gasteiger partial charge in [-0.3, -0.25) is 4.90 Å². The molecule has 0 aromatic carbocycles. The maximum atomic E-state index is 12.8. The van der Waals surface area contributed by atoms with Crippen LogP contribution in [0.25, 0.3) is 0 Å². The van der Waals surface area contributed by atoms with Crippen LogP contribution in [0.15, 0.2) is 35.0 Å². The summed E-state index contributed by atoms with van der Waals surface area (Å²) in [6, 6.07) is 7.95. The molecule has 166 valence electrons. The lowest BCUT2D eigenvalue weighted by Gasteiger charge is -2.25. The largest absolute Gasteiger partial charge is 0.445 e. The Kier molecular flexibility index (Phi) is 9.65. The van der Waals surface area contributed by atoms with Gasteiger partial charge in [0.05, 0.1) is 13.1 Å². The molecule has 0 unspecified atom stereocenters. The number of rotatable bonds is 10. The number of hydrogen-bond donors (Lipinski definition) is 1. The van der Waals surface area contributed by atoms with E-state index in [1.807, 2.05) is 55.8 Å². The summed E-state index contributed by atoms with van der Waals surface area (Å²) < 4.78 is 11.1. The van der Waals surface area contributed by atoms with Crippen molar-refractivity contribution in [3.8, 4) is 0 Å².